The van der Waals surface area contributed by atoms with Crippen molar-refractivity contribution in [3.8, 4) is 0 Å². The Balaban J connectivity index is 1.80. The molecule has 122 valence electrons. The van der Waals surface area contributed by atoms with Crippen LogP contribution >= 0.6 is 0 Å². The zero-order valence-corrected chi connectivity index (χ0v) is 12.6. The van der Waals surface area contributed by atoms with Crippen molar-refractivity contribution in [1.29, 1.82) is 0 Å². The third kappa shape index (κ3) is 3.06. The number of benzene rings is 1. The Labute approximate surface area is 133 Å². The van der Waals surface area contributed by atoms with Crippen molar-refractivity contribution in [2.24, 2.45) is 0 Å². The molecule has 0 bridgehead atoms. The van der Waals surface area contributed by atoms with E-state index in [0.29, 0.717) is 18.7 Å². The summed E-state index contributed by atoms with van der Waals surface area (Å²) in [7, 11) is 0. The summed E-state index contributed by atoms with van der Waals surface area (Å²) < 4.78 is 0. The normalized spacial score (nSPS) is 21.1. The van der Waals surface area contributed by atoms with Gasteiger partial charge in [0.05, 0.1) is 30.6 Å². The van der Waals surface area contributed by atoms with E-state index in [9.17, 15) is 14.7 Å². The Hall–Kier alpha value is -2.38. The monoisotopic (exact) mass is 317 g/mol. The third-order valence-electron chi connectivity index (χ3n) is 4.01. The van der Waals surface area contributed by atoms with Gasteiger partial charge in [0.25, 0.3) is 11.8 Å². The number of carbonyl (C=O) groups excluding carboxylic acids is 2. The van der Waals surface area contributed by atoms with Crippen LogP contribution in [-0.2, 0) is 9.59 Å². The largest absolute Gasteiger partial charge is 0.395 e. The van der Waals surface area contributed by atoms with Crippen LogP contribution in [0.15, 0.2) is 36.0 Å². The minimum Gasteiger partial charge on any atom is -0.395 e. The highest BCUT2D eigenvalue weighted by molar-refractivity contribution is 6.17. The number of anilines is 2. The summed E-state index contributed by atoms with van der Waals surface area (Å²) in [5, 5.41) is 21.6. The van der Waals surface area contributed by atoms with Gasteiger partial charge in [0.15, 0.2) is 0 Å². The molecule has 3 rings (SSSR count). The number of β-amino-alcohol motifs (C(OH)–C–C–N with tert-alkyl or cyclic N) is 2. The van der Waals surface area contributed by atoms with E-state index >= 15 is 0 Å². The van der Waals surface area contributed by atoms with Gasteiger partial charge in [-0.05, 0) is 18.6 Å². The van der Waals surface area contributed by atoms with E-state index in [4.69, 9.17) is 5.11 Å². The van der Waals surface area contributed by atoms with Crippen molar-refractivity contribution in [3.63, 3.8) is 0 Å². The smallest absolute Gasteiger partial charge is 0.277 e. The Morgan fingerprint density at radius 2 is 2.04 bits per heavy atom. The molecular weight excluding hydrogens is 298 g/mol. The quantitative estimate of drug-likeness (QED) is 0.658. The minimum atomic E-state index is -0.444. The van der Waals surface area contributed by atoms with Crippen molar-refractivity contribution in [2.75, 3.05) is 36.5 Å². The molecule has 1 fully saturated rings. The summed E-state index contributed by atoms with van der Waals surface area (Å²) in [4.78, 5) is 27.0. The number of nitrogens with zero attached hydrogens (tertiary/aromatic N) is 2. The maximum absolute atomic E-state index is 12.2. The lowest BCUT2D eigenvalue weighted by Crippen LogP contribution is -2.34. The summed E-state index contributed by atoms with van der Waals surface area (Å²) >= 11 is 0. The average Bonchev–Trinajstić information content (AvgIpc) is 3.07. The molecule has 2 heterocycles. The Morgan fingerprint density at radius 3 is 2.74 bits per heavy atom. The molecule has 0 radical (unpaired) electrons. The molecule has 2 aliphatic heterocycles. The van der Waals surface area contributed by atoms with Crippen LogP contribution in [0.5, 0.6) is 0 Å². The SMILES string of the molecule is O=C1C=C(Nc2ccccc2N2CCC(O)C2)C(=O)N1CCO. The maximum atomic E-state index is 12.2. The van der Waals surface area contributed by atoms with Crippen molar-refractivity contribution in [1.82, 2.24) is 4.90 Å². The van der Waals surface area contributed by atoms with Gasteiger partial charge in [-0.15, -0.1) is 0 Å². The van der Waals surface area contributed by atoms with Crippen LogP contribution in [0, 0.1) is 0 Å². The van der Waals surface area contributed by atoms with Crippen molar-refractivity contribution in [3.05, 3.63) is 36.0 Å². The van der Waals surface area contributed by atoms with Gasteiger partial charge < -0.3 is 20.4 Å². The molecule has 2 amide bonds. The maximum Gasteiger partial charge on any atom is 0.277 e. The van der Waals surface area contributed by atoms with Gasteiger partial charge in [0.2, 0.25) is 0 Å². The fourth-order valence-corrected chi connectivity index (χ4v) is 2.87. The lowest BCUT2D eigenvalue weighted by Gasteiger charge is -2.22. The number of rotatable bonds is 5. The fraction of sp³-hybridized carbons (Fsp3) is 0.375. The van der Waals surface area contributed by atoms with Crippen molar-refractivity contribution in [2.45, 2.75) is 12.5 Å². The molecule has 1 aromatic rings. The lowest BCUT2D eigenvalue weighted by atomic mass is 10.2. The van der Waals surface area contributed by atoms with Crippen LogP contribution in [-0.4, -0.2) is 59.3 Å². The van der Waals surface area contributed by atoms with E-state index in [0.717, 1.165) is 17.1 Å². The van der Waals surface area contributed by atoms with Gasteiger partial charge in [-0.1, -0.05) is 12.1 Å². The lowest BCUT2D eigenvalue weighted by molar-refractivity contribution is -0.137. The molecule has 1 aromatic carbocycles. The molecule has 3 N–H and O–H groups in total. The Morgan fingerprint density at radius 1 is 1.26 bits per heavy atom. The predicted octanol–water partition coefficient (Wildman–Crippen LogP) is -0.0855. The standard InChI is InChI=1S/C16H19N3O4/c20-8-7-19-15(22)9-13(16(19)23)17-12-3-1-2-4-14(12)18-6-5-11(21)10-18/h1-4,9,11,17,20-21H,5-8,10H2. The summed E-state index contributed by atoms with van der Waals surface area (Å²) in [5.41, 5.74) is 1.78. The van der Waals surface area contributed by atoms with E-state index in [1.807, 2.05) is 29.2 Å². The van der Waals surface area contributed by atoms with E-state index in [1.165, 1.54) is 6.08 Å². The number of hydrogen-bond acceptors (Lipinski definition) is 6. The van der Waals surface area contributed by atoms with Gasteiger partial charge >= 0.3 is 0 Å². The van der Waals surface area contributed by atoms with Crippen LogP contribution in [0.3, 0.4) is 0 Å². The molecule has 7 heteroatoms. The second-order valence-corrected chi connectivity index (χ2v) is 5.61. The molecular formula is C16H19N3O4. The van der Waals surface area contributed by atoms with E-state index in [2.05, 4.69) is 5.32 Å². The van der Waals surface area contributed by atoms with Crippen LogP contribution in [0.2, 0.25) is 0 Å². The van der Waals surface area contributed by atoms with Crippen LogP contribution in [0.25, 0.3) is 0 Å². The third-order valence-corrected chi connectivity index (χ3v) is 4.01. The van der Waals surface area contributed by atoms with Gasteiger partial charge in [-0.2, -0.15) is 0 Å². The van der Waals surface area contributed by atoms with Gasteiger partial charge in [-0.25, -0.2) is 0 Å². The Bertz CT molecular complexity index is 658. The molecule has 0 spiro atoms. The first-order valence-corrected chi connectivity index (χ1v) is 7.57. The summed E-state index contributed by atoms with van der Waals surface area (Å²) in [6.45, 7) is 1.00. The number of hydrogen-bond donors (Lipinski definition) is 3. The average molecular weight is 317 g/mol. The second kappa shape index (κ2) is 6.39. The zero-order chi connectivity index (χ0) is 16.4. The minimum absolute atomic E-state index is 0.0146. The zero-order valence-electron chi connectivity index (χ0n) is 12.6. The van der Waals surface area contributed by atoms with Crippen LogP contribution in [0.4, 0.5) is 11.4 Å². The van der Waals surface area contributed by atoms with E-state index in [1.54, 1.807) is 0 Å². The highest BCUT2D eigenvalue weighted by Gasteiger charge is 2.31. The van der Waals surface area contributed by atoms with Crippen LogP contribution in [0.1, 0.15) is 6.42 Å². The summed E-state index contributed by atoms with van der Waals surface area (Å²) in [6.07, 6.45) is 1.60. The molecule has 23 heavy (non-hydrogen) atoms. The number of aliphatic hydroxyl groups excluding tert-OH is 2. The van der Waals surface area contributed by atoms with Gasteiger partial charge in [0, 0.05) is 19.2 Å². The fourth-order valence-electron chi connectivity index (χ4n) is 2.87. The number of para-hydroxylation sites is 2. The first-order chi connectivity index (χ1) is 11.1. The first kappa shape index (κ1) is 15.5. The predicted molar refractivity (Wildman–Crippen MR) is 84.8 cm³/mol. The van der Waals surface area contributed by atoms with E-state index in [-0.39, 0.29) is 25.0 Å². The molecule has 1 atom stereocenters. The number of carbonyl (C=O) groups is 2. The molecule has 0 aromatic heterocycles. The first-order valence-electron chi connectivity index (χ1n) is 7.57. The van der Waals surface area contributed by atoms with Crippen molar-refractivity contribution >= 4 is 23.2 Å². The van der Waals surface area contributed by atoms with Gasteiger partial charge in [-0.3, -0.25) is 14.5 Å². The highest BCUT2D eigenvalue weighted by Crippen LogP contribution is 2.30. The molecule has 1 unspecified atom stereocenters. The highest BCUT2D eigenvalue weighted by atomic mass is 16.3. The summed E-state index contributed by atoms with van der Waals surface area (Å²) in [5.74, 6) is -0.874. The topological polar surface area (TPSA) is 93.1 Å². The number of nitrogens with one attached hydrogen (secondary N) is 1. The van der Waals surface area contributed by atoms with Gasteiger partial charge in [0.1, 0.15) is 5.70 Å². The Kier molecular flexibility index (Phi) is 4.31. The second-order valence-electron chi connectivity index (χ2n) is 5.61. The molecule has 7 nitrogen and oxygen atoms in total. The molecule has 1 saturated heterocycles. The molecule has 2 aliphatic rings. The molecule has 0 saturated carbocycles. The molecule has 0 aliphatic carbocycles. The number of imide groups is 1. The summed E-state index contributed by atoms with van der Waals surface area (Å²) in [6, 6.07) is 7.46. The van der Waals surface area contributed by atoms with Crippen LogP contribution < -0.4 is 10.2 Å². The number of amides is 2. The number of aliphatic hydroxyl groups is 2. The van der Waals surface area contributed by atoms with Crippen molar-refractivity contribution < 1.29 is 19.8 Å². The van der Waals surface area contributed by atoms with E-state index < -0.39 is 11.8 Å².